The second-order valence-electron chi connectivity index (χ2n) is 12.1. The lowest BCUT2D eigenvalue weighted by Crippen LogP contribution is -2.29. The van der Waals surface area contributed by atoms with Crippen molar-refractivity contribution in [2.45, 2.75) is 96.3 Å². The number of hydrogen-bond donors (Lipinski definition) is 2. The molecule has 2 saturated carbocycles. The molecule has 0 saturated heterocycles. The van der Waals surface area contributed by atoms with Gasteiger partial charge in [0.25, 0.3) is 0 Å². The van der Waals surface area contributed by atoms with Gasteiger partial charge in [0, 0.05) is 53.9 Å². The number of carbonyl (C=O) groups excluding carboxylic acids is 2. The number of halogens is 1. The van der Waals surface area contributed by atoms with Gasteiger partial charge < -0.3 is 14.7 Å². The molecule has 0 unspecified atom stereocenters. The van der Waals surface area contributed by atoms with E-state index in [0.29, 0.717) is 34.4 Å². The normalized spacial score (nSPS) is 20.1. The number of Topliss-reactive ketones (excluding diaryl/α,β-unsaturated/α-hetero) is 2. The molecular weight excluding hydrogens is 506 g/mol. The number of carbonyl (C=O) groups is 3. The van der Waals surface area contributed by atoms with E-state index in [1.54, 1.807) is 18.2 Å². The molecule has 0 aliphatic heterocycles. The molecule has 0 bridgehead atoms. The molecular formula is C30H38ClNO6. The molecule has 0 amide bonds. The highest BCUT2D eigenvalue weighted by Crippen LogP contribution is 2.53. The molecule has 4 rings (SSSR count). The van der Waals surface area contributed by atoms with E-state index < -0.39 is 5.97 Å². The minimum absolute atomic E-state index is 0.0555. The molecule has 1 atom stereocenters. The van der Waals surface area contributed by atoms with Crippen molar-refractivity contribution >= 4 is 29.1 Å². The number of carboxylic acid groups (broad SMARTS) is 1. The van der Waals surface area contributed by atoms with E-state index in [-0.39, 0.29) is 54.7 Å². The van der Waals surface area contributed by atoms with Gasteiger partial charge in [-0.2, -0.15) is 0 Å². The first kappa shape index (κ1) is 28.5. The Hall–Kier alpha value is -2.51. The van der Waals surface area contributed by atoms with Crippen molar-refractivity contribution in [2.75, 3.05) is 6.61 Å². The van der Waals surface area contributed by atoms with Crippen molar-refractivity contribution in [1.82, 2.24) is 5.16 Å². The van der Waals surface area contributed by atoms with Crippen molar-refractivity contribution in [2.24, 2.45) is 11.3 Å². The maximum atomic E-state index is 13.2. The first-order valence-corrected chi connectivity index (χ1v) is 14.0. The first-order valence-electron chi connectivity index (χ1n) is 13.6. The number of rotatable bonds is 14. The average molecular weight is 544 g/mol. The van der Waals surface area contributed by atoms with Crippen LogP contribution in [-0.4, -0.2) is 39.5 Å². The lowest BCUT2D eigenvalue weighted by atomic mass is 9.66. The van der Waals surface area contributed by atoms with Crippen LogP contribution in [0.3, 0.4) is 0 Å². The minimum atomic E-state index is -0.907. The van der Waals surface area contributed by atoms with Crippen molar-refractivity contribution < 1.29 is 29.1 Å². The third kappa shape index (κ3) is 6.92. The van der Waals surface area contributed by atoms with Crippen molar-refractivity contribution in [3.8, 4) is 0 Å². The molecule has 2 fully saturated rings. The quantitative estimate of drug-likeness (QED) is 0.262. The molecule has 38 heavy (non-hydrogen) atoms. The standard InChI is InChI=1S/C30H38ClNO6/c1-17(34)20-6-7-21(25(31)14-20)12-24(35)13-22(8-9-26(36)37)28-27(19-4-5-19)29(38-32-28)23-10-18(11-23)15-30(2,3)16-33/h6-7,14,18-19,22-23,33H,4-5,8-13,15-16H2,1-3H3,(H,36,37)/t18?,22-,23?/m0/s1. The van der Waals surface area contributed by atoms with E-state index in [1.807, 2.05) is 0 Å². The fraction of sp³-hybridized carbons (Fsp3) is 0.600. The maximum absolute atomic E-state index is 13.2. The fourth-order valence-corrected chi connectivity index (χ4v) is 6.01. The van der Waals surface area contributed by atoms with Crippen LogP contribution in [0.5, 0.6) is 0 Å². The SMILES string of the molecule is CC(=O)c1ccc(CC(=O)C[C@H](CCC(=O)O)c2noc(C3CC(CC(C)(C)CO)C3)c2C2CC2)c(Cl)c1. The third-order valence-corrected chi connectivity index (χ3v) is 8.41. The molecule has 1 heterocycles. The molecule has 2 aliphatic carbocycles. The number of aliphatic hydroxyl groups is 1. The second kappa shape index (κ2) is 11.7. The van der Waals surface area contributed by atoms with Crippen molar-refractivity contribution in [3.63, 3.8) is 0 Å². The molecule has 8 heteroatoms. The Kier molecular flexibility index (Phi) is 8.78. The Labute approximate surface area is 228 Å². The number of benzene rings is 1. The monoisotopic (exact) mass is 543 g/mol. The Morgan fingerprint density at radius 1 is 1.18 bits per heavy atom. The van der Waals surface area contributed by atoms with Gasteiger partial charge in [-0.3, -0.25) is 14.4 Å². The van der Waals surface area contributed by atoms with Crippen LogP contribution in [0.1, 0.15) is 123 Å². The van der Waals surface area contributed by atoms with Gasteiger partial charge in [0.15, 0.2) is 5.78 Å². The largest absolute Gasteiger partial charge is 0.481 e. The lowest BCUT2D eigenvalue weighted by molar-refractivity contribution is -0.137. The Morgan fingerprint density at radius 3 is 2.47 bits per heavy atom. The Balaban J connectivity index is 1.50. The Morgan fingerprint density at radius 2 is 1.89 bits per heavy atom. The van der Waals surface area contributed by atoms with Crippen LogP contribution in [0.15, 0.2) is 22.7 Å². The number of hydrogen-bond acceptors (Lipinski definition) is 6. The summed E-state index contributed by atoms with van der Waals surface area (Å²) in [5.41, 5.74) is 2.89. The molecule has 0 radical (unpaired) electrons. The van der Waals surface area contributed by atoms with Gasteiger partial charge in [0.05, 0.1) is 5.69 Å². The van der Waals surface area contributed by atoms with E-state index in [2.05, 4.69) is 19.0 Å². The zero-order chi connectivity index (χ0) is 27.6. The summed E-state index contributed by atoms with van der Waals surface area (Å²) >= 11 is 6.35. The summed E-state index contributed by atoms with van der Waals surface area (Å²) in [7, 11) is 0. The van der Waals surface area contributed by atoms with Crippen LogP contribution >= 0.6 is 11.6 Å². The Bertz CT molecular complexity index is 1190. The second-order valence-corrected chi connectivity index (χ2v) is 12.5. The number of aliphatic carboxylic acids is 1. The van der Waals surface area contributed by atoms with E-state index in [0.717, 1.165) is 49.1 Å². The van der Waals surface area contributed by atoms with Crippen molar-refractivity contribution in [1.29, 1.82) is 0 Å². The highest BCUT2D eigenvalue weighted by molar-refractivity contribution is 6.32. The molecule has 2 aromatic rings. The summed E-state index contributed by atoms with van der Waals surface area (Å²) in [6, 6.07) is 4.95. The van der Waals surface area contributed by atoms with Gasteiger partial charge in [-0.25, -0.2) is 0 Å². The van der Waals surface area contributed by atoms with Gasteiger partial charge in [0.2, 0.25) is 0 Å². The molecule has 7 nitrogen and oxygen atoms in total. The minimum Gasteiger partial charge on any atom is -0.481 e. The maximum Gasteiger partial charge on any atom is 0.303 e. The smallest absolute Gasteiger partial charge is 0.303 e. The van der Waals surface area contributed by atoms with E-state index in [9.17, 15) is 24.6 Å². The molecule has 1 aromatic heterocycles. The lowest BCUT2D eigenvalue weighted by Gasteiger charge is -2.38. The van der Waals surface area contributed by atoms with Gasteiger partial charge in [-0.15, -0.1) is 0 Å². The van der Waals surface area contributed by atoms with Crippen LogP contribution in [0.2, 0.25) is 5.02 Å². The van der Waals surface area contributed by atoms with Crippen LogP contribution in [-0.2, 0) is 16.0 Å². The number of aliphatic hydroxyl groups excluding tert-OH is 1. The number of carboxylic acids is 1. The highest BCUT2D eigenvalue weighted by atomic mass is 35.5. The number of aromatic nitrogens is 1. The van der Waals surface area contributed by atoms with Gasteiger partial charge >= 0.3 is 5.97 Å². The third-order valence-electron chi connectivity index (χ3n) is 8.06. The highest BCUT2D eigenvalue weighted by Gasteiger charge is 2.42. The van der Waals surface area contributed by atoms with Crippen LogP contribution in [0, 0.1) is 11.3 Å². The summed E-state index contributed by atoms with van der Waals surface area (Å²) in [5, 5.41) is 23.8. The topological polar surface area (TPSA) is 118 Å². The summed E-state index contributed by atoms with van der Waals surface area (Å²) < 4.78 is 5.94. The molecule has 1 aromatic carbocycles. The summed E-state index contributed by atoms with van der Waals surface area (Å²) in [5.74, 6) is 0.682. The predicted molar refractivity (Wildman–Crippen MR) is 144 cm³/mol. The van der Waals surface area contributed by atoms with E-state index >= 15 is 0 Å². The zero-order valence-corrected chi connectivity index (χ0v) is 23.2. The van der Waals surface area contributed by atoms with Crippen molar-refractivity contribution in [3.05, 3.63) is 51.4 Å². The molecule has 2 aliphatic rings. The van der Waals surface area contributed by atoms with E-state index in [4.69, 9.17) is 16.1 Å². The number of nitrogens with zero attached hydrogens (tertiary/aromatic N) is 1. The van der Waals surface area contributed by atoms with Crippen LogP contribution in [0.25, 0.3) is 0 Å². The van der Waals surface area contributed by atoms with E-state index in [1.165, 1.54) is 6.92 Å². The van der Waals surface area contributed by atoms with Crippen LogP contribution < -0.4 is 0 Å². The molecule has 206 valence electrons. The summed E-state index contributed by atoms with van der Waals surface area (Å²) in [6.07, 6.45) is 5.56. The summed E-state index contributed by atoms with van der Waals surface area (Å²) in [6.45, 7) is 5.79. The van der Waals surface area contributed by atoms with Gasteiger partial charge in [-0.1, -0.05) is 42.7 Å². The average Bonchev–Trinajstić information content (AvgIpc) is 3.58. The van der Waals surface area contributed by atoms with Gasteiger partial charge in [0.1, 0.15) is 11.5 Å². The zero-order valence-electron chi connectivity index (χ0n) is 22.5. The predicted octanol–water partition coefficient (Wildman–Crippen LogP) is 6.46. The van der Waals surface area contributed by atoms with Crippen LogP contribution in [0.4, 0.5) is 0 Å². The van der Waals surface area contributed by atoms with Gasteiger partial charge in [-0.05, 0) is 74.3 Å². The summed E-state index contributed by atoms with van der Waals surface area (Å²) in [4.78, 5) is 36.2. The number of ketones is 2. The molecule has 2 N–H and O–H groups in total. The molecule has 0 spiro atoms. The fourth-order valence-electron chi connectivity index (χ4n) is 5.76. The first-order chi connectivity index (χ1) is 18.0.